The number of nitrogens with zero attached hydrogens (tertiary/aromatic N) is 5. The Morgan fingerprint density at radius 1 is 1.38 bits per heavy atom. The summed E-state index contributed by atoms with van der Waals surface area (Å²) >= 11 is 0. The molecule has 0 saturated heterocycles. The minimum absolute atomic E-state index is 0.0165. The van der Waals surface area contributed by atoms with E-state index in [-0.39, 0.29) is 43.7 Å². The third-order valence-corrected chi connectivity index (χ3v) is 6.38. The molecule has 1 aliphatic heterocycles. The van der Waals surface area contributed by atoms with Gasteiger partial charge in [-0.15, -0.1) is 5.10 Å². The largest absolute Gasteiger partial charge is 0.416 e. The van der Waals surface area contributed by atoms with E-state index >= 15 is 0 Å². The molecular weight excluding hydrogens is 493 g/mol. The lowest BCUT2D eigenvalue weighted by Crippen LogP contribution is -2.48. The molecule has 0 fully saturated rings. The van der Waals surface area contributed by atoms with Gasteiger partial charge in [0.15, 0.2) is 0 Å². The van der Waals surface area contributed by atoms with E-state index in [1.54, 1.807) is 22.7 Å². The van der Waals surface area contributed by atoms with Gasteiger partial charge in [0.05, 0.1) is 42.8 Å². The number of amides is 3. The smallest absolute Gasteiger partial charge is 0.394 e. The highest BCUT2D eigenvalue weighted by Gasteiger charge is 2.31. The third kappa shape index (κ3) is 7.65. The summed E-state index contributed by atoms with van der Waals surface area (Å²) < 4.78 is 46.9. The molecule has 10 nitrogen and oxygen atoms in total. The van der Waals surface area contributed by atoms with Crippen LogP contribution in [-0.4, -0.2) is 80.7 Å². The summed E-state index contributed by atoms with van der Waals surface area (Å²) in [5.74, 6) is -0.351. The molecule has 1 aliphatic rings. The van der Waals surface area contributed by atoms with Crippen LogP contribution in [0.4, 0.5) is 23.7 Å². The van der Waals surface area contributed by atoms with E-state index in [2.05, 4.69) is 15.6 Å². The van der Waals surface area contributed by atoms with Crippen molar-refractivity contribution in [3.63, 3.8) is 0 Å². The second-order valence-electron chi connectivity index (χ2n) is 9.35. The fourth-order valence-electron chi connectivity index (χ4n) is 4.09. The van der Waals surface area contributed by atoms with Crippen LogP contribution in [0.3, 0.4) is 0 Å². The van der Waals surface area contributed by atoms with Gasteiger partial charge in [0, 0.05) is 44.7 Å². The molecule has 0 bridgehead atoms. The maximum absolute atomic E-state index is 13.0. The summed E-state index contributed by atoms with van der Waals surface area (Å²) in [7, 11) is 1.51. The molecule has 1 aromatic carbocycles. The van der Waals surface area contributed by atoms with Crippen LogP contribution in [0.5, 0.6) is 0 Å². The minimum atomic E-state index is -4.53. The average molecular weight is 527 g/mol. The van der Waals surface area contributed by atoms with E-state index in [0.717, 1.165) is 17.8 Å². The molecule has 2 N–H and O–H groups in total. The number of aryl methyl sites for hydroxylation is 1. The number of ether oxygens (including phenoxy) is 1. The number of aliphatic hydroxyl groups excluding tert-OH is 1. The Morgan fingerprint density at radius 2 is 2.14 bits per heavy atom. The number of fused-ring (bicyclic) bond motifs is 1. The van der Waals surface area contributed by atoms with Gasteiger partial charge < -0.3 is 25.0 Å². The van der Waals surface area contributed by atoms with Gasteiger partial charge in [-0.3, -0.25) is 4.79 Å². The summed E-state index contributed by atoms with van der Waals surface area (Å²) in [4.78, 5) is 28.7. The predicted octanol–water partition coefficient (Wildman–Crippen LogP) is 2.99. The van der Waals surface area contributed by atoms with Crippen LogP contribution in [0.1, 0.15) is 37.9 Å². The first-order valence-corrected chi connectivity index (χ1v) is 12.1. The molecular formula is C24H33F3N6O4. The number of aliphatic hydroxyl groups is 1. The molecule has 0 unspecified atom stereocenters. The van der Waals surface area contributed by atoms with Crippen LogP contribution in [0.15, 0.2) is 30.5 Å². The standard InChI is InChI=1S/C24H33F3N6O4/c1-16-12-32(17(2)14-34)22(35)8-5-9-33-20(11-28-30-33)15-37-21(16)13-31(3)23(36)29-19-7-4-6-18(10-19)24(25,26)27/h4,6-7,10-11,16-17,21,34H,5,8-9,12-15H2,1-3H3,(H,29,36)/t16-,17+,21-/m0/s1. The first-order valence-electron chi connectivity index (χ1n) is 12.1. The number of carbonyl (C=O) groups is 2. The molecule has 13 heteroatoms. The molecule has 2 aromatic rings. The Hall–Kier alpha value is -3.19. The van der Waals surface area contributed by atoms with Crippen LogP contribution in [0, 0.1) is 5.92 Å². The fraction of sp³-hybridized carbons (Fsp3) is 0.583. The van der Waals surface area contributed by atoms with Gasteiger partial charge in [-0.05, 0) is 31.5 Å². The SMILES string of the molecule is C[C@H](CO)N1C[C@H](C)[C@H](CN(C)C(=O)Nc2cccc(C(F)(F)F)c2)OCc2cnnn2CCCC1=O. The number of anilines is 1. The van der Waals surface area contributed by atoms with Gasteiger partial charge >= 0.3 is 12.2 Å². The number of urea groups is 1. The van der Waals surface area contributed by atoms with Crippen LogP contribution < -0.4 is 5.32 Å². The fourth-order valence-corrected chi connectivity index (χ4v) is 4.09. The molecule has 1 aromatic heterocycles. The lowest BCUT2D eigenvalue weighted by atomic mass is 10.0. The monoisotopic (exact) mass is 526 g/mol. The van der Waals surface area contributed by atoms with Crippen molar-refractivity contribution in [2.24, 2.45) is 5.92 Å². The Bertz CT molecular complexity index is 1060. The summed E-state index contributed by atoms with van der Waals surface area (Å²) in [5.41, 5.74) is -0.123. The summed E-state index contributed by atoms with van der Waals surface area (Å²) in [6.45, 7) is 4.50. The highest BCUT2D eigenvalue weighted by Crippen LogP contribution is 2.30. The van der Waals surface area contributed by atoms with Gasteiger partial charge in [0.25, 0.3) is 0 Å². The molecule has 3 atom stereocenters. The molecule has 0 spiro atoms. The number of hydrogen-bond acceptors (Lipinski definition) is 6. The molecule has 0 radical (unpaired) electrons. The topological polar surface area (TPSA) is 113 Å². The van der Waals surface area contributed by atoms with Gasteiger partial charge in [-0.1, -0.05) is 18.2 Å². The van der Waals surface area contributed by atoms with Crippen molar-refractivity contribution in [2.75, 3.05) is 32.1 Å². The molecule has 37 heavy (non-hydrogen) atoms. The number of rotatable bonds is 5. The van der Waals surface area contributed by atoms with Crippen molar-refractivity contribution < 1.29 is 32.6 Å². The highest BCUT2D eigenvalue weighted by atomic mass is 19.4. The first kappa shape index (κ1) is 28.4. The number of halogens is 3. The van der Waals surface area contributed by atoms with Gasteiger partial charge in [0.2, 0.25) is 5.91 Å². The predicted molar refractivity (Wildman–Crippen MR) is 128 cm³/mol. The molecule has 0 saturated carbocycles. The van der Waals surface area contributed by atoms with Crippen molar-refractivity contribution in [2.45, 2.75) is 58.2 Å². The average Bonchev–Trinajstić information content (AvgIpc) is 3.30. The van der Waals surface area contributed by atoms with E-state index in [1.165, 1.54) is 24.1 Å². The Kier molecular flexibility index (Phi) is 9.49. The van der Waals surface area contributed by atoms with Crippen molar-refractivity contribution in [1.29, 1.82) is 0 Å². The van der Waals surface area contributed by atoms with Gasteiger partial charge in [-0.25, -0.2) is 9.48 Å². The number of benzene rings is 1. The number of nitrogens with one attached hydrogen (secondary N) is 1. The number of aromatic nitrogens is 3. The maximum atomic E-state index is 13.0. The van der Waals surface area contributed by atoms with Crippen LogP contribution in [0.25, 0.3) is 0 Å². The van der Waals surface area contributed by atoms with E-state index in [0.29, 0.717) is 19.5 Å². The van der Waals surface area contributed by atoms with E-state index in [9.17, 15) is 27.9 Å². The quantitative estimate of drug-likeness (QED) is 0.620. The molecule has 3 amide bonds. The zero-order valence-corrected chi connectivity index (χ0v) is 21.1. The van der Waals surface area contributed by atoms with E-state index < -0.39 is 29.9 Å². The van der Waals surface area contributed by atoms with Crippen molar-refractivity contribution in [3.05, 3.63) is 41.7 Å². The molecule has 204 valence electrons. The normalized spacial score (nSPS) is 20.4. The maximum Gasteiger partial charge on any atom is 0.416 e. The summed E-state index contributed by atoms with van der Waals surface area (Å²) in [6.07, 6.45) is -2.65. The number of alkyl halides is 3. The zero-order chi connectivity index (χ0) is 27.2. The lowest BCUT2D eigenvalue weighted by Gasteiger charge is -2.35. The molecule has 0 aliphatic carbocycles. The highest BCUT2D eigenvalue weighted by molar-refractivity contribution is 5.89. The van der Waals surface area contributed by atoms with E-state index in [4.69, 9.17) is 4.74 Å². The third-order valence-electron chi connectivity index (χ3n) is 6.38. The summed E-state index contributed by atoms with van der Waals surface area (Å²) in [5, 5.41) is 20.2. The first-order chi connectivity index (χ1) is 17.5. The van der Waals surface area contributed by atoms with Crippen molar-refractivity contribution in [1.82, 2.24) is 24.8 Å². The summed E-state index contributed by atoms with van der Waals surface area (Å²) in [6, 6.07) is 3.40. The van der Waals surface area contributed by atoms with E-state index in [1.807, 2.05) is 6.92 Å². The molecule has 3 rings (SSSR count). The van der Waals surface area contributed by atoms with Crippen molar-refractivity contribution >= 4 is 17.6 Å². The zero-order valence-electron chi connectivity index (χ0n) is 21.1. The van der Waals surface area contributed by atoms with Gasteiger partial charge in [-0.2, -0.15) is 13.2 Å². The Balaban J connectivity index is 1.77. The number of likely N-dealkylation sites (N-methyl/N-ethyl adjacent to an activating group) is 1. The van der Waals surface area contributed by atoms with Gasteiger partial charge in [0.1, 0.15) is 0 Å². The Morgan fingerprint density at radius 3 is 2.84 bits per heavy atom. The molecule has 2 heterocycles. The number of carbonyl (C=O) groups excluding carboxylic acids is 2. The number of hydrogen-bond donors (Lipinski definition) is 2. The van der Waals surface area contributed by atoms with Crippen LogP contribution >= 0.6 is 0 Å². The second kappa shape index (κ2) is 12.4. The second-order valence-corrected chi connectivity index (χ2v) is 9.35. The minimum Gasteiger partial charge on any atom is -0.394 e. The lowest BCUT2D eigenvalue weighted by molar-refractivity contribution is -0.137. The van der Waals surface area contributed by atoms with Crippen LogP contribution in [0.2, 0.25) is 0 Å². The Labute approximate surface area is 213 Å². The van der Waals surface area contributed by atoms with Crippen molar-refractivity contribution in [3.8, 4) is 0 Å². The van der Waals surface area contributed by atoms with Crippen LogP contribution in [-0.2, 0) is 28.9 Å².